The molecule has 4 heteroatoms. The molecule has 1 heterocycles. The zero-order chi connectivity index (χ0) is 9.26. The van der Waals surface area contributed by atoms with E-state index in [1.165, 1.54) is 11.3 Å². The molecule has 0 saturated carbocycles. The molecule has 0 saturated heterocycles. The Labute approximate surface area is 79.9 Å². The van der Waals surface area contributed by atoms with Crippen molar-refractivity contribution in [2.24, 2.45) is 0 Å². The van der Waals surface area contributed by atoms with E-state index in [4.69, 9.17) is 9.47 Å². The molecule has 1 radical (unpaired) electrons. The number of hydrogen-bond donors (Lipinski definition) is 0. The van der Waals surface area contributed by atoms with Crippen LogP contribution in [0.5, 0.6) is 11.5 Å². The monoisotopic (exact) mass is 194 g/mol. The van der Waals surface area contributed by atoms with Gasteiger partial charge in [0.1, 0.15) is 21.7 Å². The molecule has 0 bridgehead atoms. The predicted octanol–water partition coefficient (Wildman–Crippen LogP) is 2.11. The van der Waals surface area contributed by atoms with E-state index in [1.54, 1.807) is 14.2 Å². The molecule has 0 spiro atoms. The summed E-state index contributed by atoms with van der Waals surface area (Å²) in [6.45, 7) is 0. The number of thiazole rings is 1. The number of rotatable bonds is 2. The molecule has 1 aromatic carbocycles. The second-order valence-corrected chi connectivity index (χ2v) is 3.25. The van der Waals surface area contributed by atoms with E-state index in [2.05, 4.69) is 10.5 Å². The lowest BCUT2D eigenvalue weighted by atomic mass is 10.3. The first-order chi connectivity index (χ1) is 6.36. The minimum atomic E-state index is 0.758. The van der Waals surface area contributed by atoms with E-state index in [1.807, 2.05) is 12.1 Å². The molecule has 1 aromatic heterocycles. The van der Waals surface area contributed by atoms with Crippen molar-refractivity contribution in [3.05, 3.63) is 17.6 Å². The van der Waals surface area contributed by atoms with Crippen LogP contribution in [0, 0.1) is 5.51 Å². The van der Waals surface area contributed by atoms with E-state index in [0.717, 1.165) is 21.7 Å². The highest BCUT2D eigenvalue weighted by Crippen LogP contribution is 2.34. The van der Waals surface area contributed by atoms with Crippen molar-refractivity contribution in [2.45, 2.75) is 0 Å². The summed E-state index contributed by atoms with van der Waals surface area (Å²) in [6.07, 6.45) is 0. The molecule has 3 nitrogen and oxygen atoms in total. The van der Waals surface area contributed by atoms with Gasteiger partial charge in [0.05, 0.1) is 14.2 Å². The van der Waals surface area contributed by atoms with Gasteiger partial charge in [0.15, 0.2) is 5.51 Å². The van der Waals surface area contributed by atoms with Gasteiger partial charge >= 0.3 is 0 Å². The number of aromatic nitrogens is 1. The topological polar surface area (TPSA) is 31.4 Å². The fourth-order valence-corrected chi connectivity index (χ4v) is 1.90. The van der Waals surface area contributed by atoms with Crippen molar-refractivity contribution in [1.29, 1.82) is 0 Å². The third kappa shape index (κ3) is 1.23. The molecule has 0 fully saturated rings. The highest BCUT2D eigenvalue weighted by atomic mass is 32.1. The Morgan fingerprint density at radius 2 is 1.92 bits per heavy atom. The lowest BCUT2D eigenvalue weighted by molar-refractivity contribution is 0.410. The van der Waals surface area contributed by atoms with Crippen LogP contribution >= 0.6 is 11.3 Å². The van der Waals surface area contributed by atoms with Gasteiger partial charge < -0.3 is 9.47 Å². The normalized spacial score (nSPS) is 10.3. The Hall–Kier alpha value is -1.29. The molecule has 2 rings (SSSR count). The van der Waals surface area contributed by atoms with Gasteiger partial charge in [0.25, 0.3) is 0 Å². The van der Waals surface area contributed by atoms with Crippen molar-refractivity contribution in [3.8, 4) is 11.5 Å². The van der Waals surface area contributed by atoms with Crippen LogP contribution in [0.25, 0.3) is 10.2 Å². The highest BCUT2D eigenvalue weighted by Gasteiger charge is 2.08. The summed E-state index contributed by atoms with van der Waals surface area (Å²) >= 11 is 1.43. The average Bonchev–Trinajstić information content (AvgIpc) is 2.64. The van der Waals surface area contributed by atoms with E-state index in [-0.39, 0.29) is 0 Å². The molecule has 0 amide bonds. The molecule has 13 heavy (non-hydrogen) atoms. The number of nitrogens with zero attached hydrogens (tertiary/aromatic N) is 1. The van der Waals surface area contributed by atoms with Crippen molar-refractivity contribution in [1.82, 2.24) is 4.98 Å². The minimum absolute atomic E-state index is 0.758. The summed E-state index contributed by atoms with van der Waals surface area (Å²) in [5, 5.41) is 0. The van der Waals surface area contributed by atoms with Gasteiger partial charge in [-0.25, -0.2) is 4.98 Å². The van der Waals surface area contributed by atoms with E-state index < -0.39 is 0 Å². The number of methoxy groups -OCH3 is 2. The fraction of sp³-hybridized carbons (Fsp3) is 0.222. The first-order valence-corrected chi connectivity index (χ1v) is 4.56. The molecule has 0 unspecified atom stereocenters. The fourth-order valence-electron chi connectivity index (χ4n) is 1.18. The second-order valence-electron chi connectivity index (χ2n) is 2.45. The third-order valence-corrected chi connectivity index (χ3v) is 2.58. The van der Waals surface area contributed by atoms with Crippen molar-refractivity contribution < 1.29 is 9.47 Å². The Balaban J connectivity index is 2.74. The number of ether oxygens (including phenoxy) is 2. The summed E-state index contributed by atoms with van der Waals surface area (Å²) in [4.78, 5) is 4.09. The van der Waals surface area contributed by atoms with Crippen LogP contribution in [0.1, 0.15) is 0 Å². The minimum Gasteiger partial charge on any atom is -0.495 e. The molecule has 67 valence electrons. The van der Waals surface area contributed by atoms with Crippen molar-refractivity contribution in [2.75, 3.05) is 14.2 Å². The molecule has 0 aliphatic rings. The van der Waals surface area contributed by atoms with Gasteiger partial charge in [-0.3, -0.25) is 0 Å². The van der Waals surface area contributed by atoms with E-state index in [9.17, 15) is 0 Å². The van der Waals surface area contributed by atoms with Crippen LogP contribution in [0.3, 0.4) is 0 Å². The molecule has 0 N–H and O–H groups in total. The number of hydrogen-bond acceptors (Lipinski definition) is 4. The van der Waals surface area contributed by atoms with Crippen LogP contribution < -0.4 is 9.47 Å². The quantitative estimate of drug-likeness (QED) is 0.733. The first kappa shape index (κ1) is 8.31. The van der Waals surface area contributed by atoms with Crippen LogP contribution in [-0.4, -0.2) is 19.2 Å². The van der Waals surface area contributed by atoms with E-state index in [0.29, 0.717) is 0 Å². The Bertz CT molecular complexity index is 386. The number of benzene rings is 1. The van der Waals surface area contributed by atoms with Gasteiger partial charge in [0, 0.05) is 0 Å². The predicted molar refractivity (Wildman–Crippen MR) is 51.6 cm³/mol. The summed E-state index contributed by atoms with van der Waals surface area (Å²) in [5.74, 6) is 1.57. The molecule has 0 aliphatic carbocycles. The van der Waals surface area contributed by atoms with Crippen LogP contribution in [-0.2, 0) is 0 Å². The molecule has 0 aliphatic heterocycles. The van der Waals surface area contributed by atoms with Crippen molar-refractivity contribution >= 4 is 21.6 Å². The molecular formula is C9H8NO2S. The summed E-state index contributed by atoms with van der Waals surface area (Å²) < 4.78 is 11.3. The highest BCUT2D eigenvalue weighted by molar-refractivity contribution is 7.16. The zero-order valence-corrected chi connectivity index (χ0v) is 8.14. The summed E-state index contributed by atoms with van der Waals surface area (Å²) in [6, 6.07) is 3.71. The van der Waals surface area contributed by atoms with Gasteiger partial charge in [-0.05, 0) is 12.1 Å². The lowest BCUT2D eigenvalue weighted by Gasteiger charge is -2.03. The maximum atomic E-state index is 5.18. The van der Waals surface area contributed by atoms with Crippen LogP contribution in [0.2, 0.25) is 0 Å². The zero-order valence-electron chi connectivity index (χ0n) is 7.33. The molecule has 2 aromatic rings. The summed E-state index contributed by atoms with van der Waals surface area (Å²) in [5.41, 5.74) is 3.63. The second kappa shape index (κ2) is 3.22. The van der Waals surface area contributed by atoms with E-state index >= 15 is 0 Å². The Morgan fingerprint density at radius 3 is 2.62 bits per heavy atom. The Kier molecular flexibility index (Phi) is 2.06. The lowest BCUT2D eigenvalue weighted by Crippen LogP contribution is -1.87. The molecular weight excluding hydrogens is 186 g/mol. The standard InChI is InChI=1S/C9H8NO2S/c1-11-6-3-4-7(12-2)9-8(6)10-5-13-9/h3-4H,1-2H3. The van der Waals surface area contributed by atoms with Crippen LogP contribution in [0.15, 0.2) is 12.1 Å². The third-order valence-electron chi connectivity index (χ3n) is 1.80. The SMILES string of the molecule is COc1ccc(OC)c2s[c]nc12. The van der Waals surface area contributed by atoms with Crippen molar-refractivity contribution in [3.63, 3.8) is 0 Å². The smallest absolute Gasteiger partial charge is 0.153 e. The maximum absolute atomic E-state index is 5.18. The van der Waals surface area contributed by atoms with Crippen LogP contribution in [0.4, 0.5) is 0 Å². The summed E-state index contributed by atoms with van der Waals surface area (Å²) in [7, 11) is 3.27. The first-order valence-electron chi connectivity index (χ1n) is 3.74. The van der Waals surface area contributed by atoms with Gasteiger partial charge in [-0.2, -0.15) is 0 Å². The van der Waals surface area contributed by atoms with Gasteiger partial charge in [-0.15, -0.1) is 11.3 Å². The average molecular weight is 194 g/mol. The molecule has 0 atom stereocenters. The van der Waals surface area contributed by atoms with Gasteiger partial charge in [0.2, 0.25) is 0 Å². The van der Waals surface area contributed by atoms with Gasteiger partial charge in [-0.1, -0.05) is 0 Å². The number of fused-ring (bicyclic) bond motifs is 1. The maximum Gasteiger partial charge on any atom is 0.153 e. The largest absolute Gasteiger partial charge is 0.495 e. The Morgan fingerprint density at radius 1 is 1.23 bits per heavy atom.